The smallest absolute Gasteiger partial charge is 0.338 e. The fourth-order valence-corrected chi connectivity index (χ4v) is 3.78. The molecule has 0 spiro atoms. The number of sulfonamides is 1. The molecule has 1 N–H and O–H groups in total. The van der Waals surface area contributed by atoms with Crippen molar-refractivity contribution in [1.29, 1.82) is 0 Å². The van der Waals surface area contributed by atoms with E-state index < -0.39 is 39.6 Å². The van der Waals surface area contributed by atoms with Crippen molar-refractivity contribution in [3.8, 4) is 0 Å². The van der Waals surface area contributed by atoms with Crippen LogP contribution >= 0.6 is 0 Å². The molecule has 0 aliphatic carbocycles. The van der Waals surface area contributed by atoms with Crippen LogP contribution in [0.25, 0.3) is 0 Å². The van der Waals surface area contributed by atoms with E-state index in [1.165, 1.54) is 31.2 Å². The Kier molecular flexibility index (Phi) is 6.91. The second-order valence-corrected chi connectivity index (χ2v) is 7.98. The van der Waals surface area contributed by atoms with Gasteiger partial charge in [-0.1, -0.05) is 6.07 Å². The number of amides is 1. The molecule has 0 radical (unpaired) electrons. The molecule has 0 unspecified atom stereocenters. The summed E-state index contributed by atoms with van der Waals surface area (Å²) in [5, 5.41) is 2.51. The Morgan fingerprint density at radius 1 is 1.14 bits per heavy atom. The molecule has 1 amide bonds. The van der Waals surface area contributed by atoms with Gasteiger partial charge in [0.25, 0.3) is 0 Å². The van der Waals surface area contributed by atoms with Crippen LogP contribution in [0.2, 0.25) is 0 Å². The number of ether oxygens (including phenoxy) is 1. The first-order chi connectivity index (χ1) is 13.5. The molecular weight excluding hydrogens is 406 g/mol. The monoisotopic (exact) mass is 426 g/mol. The van der Waals surface area contributed by atoms with Crippen molar-refractivity contribution >= 4 is 33.3 Å². The van der Waals surface area contributed by atoms with E-state index in [9.17, 15) is 26.8 Å². The Labute approximate surface area is 167 Å². The number of hydrogen-bond donors (Lipinski definition) is 1. The summed E-state index contributed by atoms with van der Waals surface area (Å²) in [6.45, 7) is 3.14. The van der Waals surface area contributed by atoms with E-state index in [4.69, 9.17) is 4.74 Å². The number of carbonyl (C=O) groups excluding carboxylic acids is 2. The summed E-state index contributed by atoms with van der Waals surface area (Å²) in [5.41, 5.74) is 0.248. The van der Waals surface area contributed by atoms with Crippen LogP contribution in [-0.4, -0.2) is 39.2 Å². The lowest BCUT2D eigenvalue weighted by Crippen LogP contribution is -2.45. The lowest BCUT2D eigenvalue weighted by molar-refractivity contribution is -0.116. The normalized spacial score (nSPS) is 12.2. The van der Waals surface area contributed by atoms with E-state index in [0.717, 1.165) is 18.4 Å². The first-order valence-corrected chi connectivity index (χ1v) is 10.4. The van der Waals surface area contributed by atoms with E-state index in [2.05, 4.69) is 5.32 Å². The maximum Gasteiger partial charge on any atom is 0.338 e. The number of anilines is 2. The van der Waals surface area contributed by atoms with Crippen LogP contribution < -0.4 is 9.62 Å². The van der Waals surface area contributed by atoms with Crippen molar-refractivity contribution in [3.63, 3.8) is 0 Å². The average molecular weight is 426 g/mol. The fourth-order valence-electron chi connectivity index (χ4n) is 2.62. The highest BCUT2D eigenvalue weighted by molar-refractivity contribution is 7.92. The topological polar surface area (TPSA) is 92.8 Å². The molecule has 0 heterocycles. The molecule has 0 aliphatic rings. The molecule has 2 rings (SSSR count). The average Bonchev–Trinajstić information content (AvgIpc) is 2.64. The van der Waals surface area contributed by atoms with Gasteiger partial charge in [0.05, 0.1) is 24.1 Å². The largest absolute Gasteiger partial charge is 0.462 e. The lowest BCUT2D eigenvalue weighted by Gasteiger charge is -2.28. The number of nitrogens with zero attached hydrogens (tertiary/aromatic N) is 1. The Morgan fingerprint density at radius 3 is 2.41 bits per heavy atom. The predicted molar refractivity (Wildman–Crippen MR) is 104 cm³/mol. The minimum atomic E-state index is -4.00. The van der Waals surface area contributed by atoms with E-state index in [1.807, 2.05) is 0 Å². The summed E-state index contributed by atoms with van der Waals surface area (Å²) in [7, 11) is -4.00. The van der Waals surface area contributed by atoms with Crippen LogP contribution in [0.1, 0.15) is 24.2 Å². The second-order valence-electron chi connectivity index (χ2n) is 6.12. The van der Waals surface area contributed by atoms with Crippen LogP contribution in [-0.2, 0) is 19.6 Å². The van der Waals surface area contributed by atoms with Crippen molar-refractivity contribution in [2.75, 3.05) is 22.5 Å². The van der Waals surface area contributed by atoms with Gasteiger partial charge in [0.15, 0.2) is 11.6 Å². The highest BCUT2D eigenvalue weighted by atomic mass is 32.2. The van der Waals surface area contributed by atoms with Crippen molar-refractivity contribution < 1.29 is 31.5 Å². The highest BCUT2D eigenvalue weighted by Gasteiger charge is 2.30. The fraction of sp³-hybridized carbons (Fsp3) is 0.263. The van der Waals surface area contributed by atoms with Gasteiger partial charge in [-0.3, -0.25) is 9.10 Å². The quantitative estimate of drug-likeness (QED) is 0.688. The molecule has 29 heavy (non-hydrogen) atoms. The van der Waals surface area contributed by atoms with Crippen LogP contribution in [0.4, 0.5) is 20.2 Å². The zero-order valence-electron chi connectivity index (χ0n) is 16.0. The standard InChI is InChI=1S/C19H20F2N2O5S/c1-4-28-19(25)13-6-5-7-14(10-13)22-18(24)12(2)23(29(3,26)27)15-8-9-16(20)17(21)11-15/h5-12H,4H2,1-3H3,(H,22,24)/t12-/m0/s1. The lowest BCUT2D eigenvalue weighted by atomic mass is 10.2. The number of hydrogen-bond acceptors (Lipinski definition) is 5. The second kappa shape index (κ2) is 8.99. The van der Waals surface area contributed by atoms with Gasteiger partial charge in [-0.15, -0.1) is 0 Å². The summed E-state index contributed by atoms with van der Waals surface area (Å²) >= 11 is 0. The number of halogens is 2. The Hall–Kier alpha value is -3.01. The van der Waals surface area contributed by atoms with Gasteiger partial charge in [-0.25, -0.2) is 22.0 Å². The van der Waals surface area contributed by atoms with E-state index >= 15 is 0 Å². The number of benzene rings is 2. The molecule has 0 fully saturated rings. The minimum absolute atomic E-state index is 0.185. The van der Waals surface area contributed by atoms with Crippen molar-refractivity contribution in [3.05, 3.63) is 59.7 Å². The zero-order valence-corrected chi connectivity index (χ0v) is 16.8. The molecular formula is C19H20F2N2O5S. The summed E-state index contributed by atoms with van der Waals surface area (Å²) in [6.07, 6.45) is 0.847. The molecule has 156 valence electrons. The molecule has 0 saturated heterocycles. The molecule has 2 aromatic rings. The van der Waals surface area contributed by atoms with Crippen molar-refractivity contribution in [2.45, 2.75) is 19.9 Å². The van der Waals surface area contributed by atoms with Crippen LogP contribution in [0.3, 0.4) is 0 Å². The molecule has 0 bridgehead atoms. The first-order valence-electron chi connectivity index (χ1n) is 8.57. The molecule has 10 heteroatoms. The van der Waals surface area contributed by atoms with E-state index in [-0.39, 0.29) is 23.5 Å². The molecule has 0 aliphatic heterocycles. The predicted octanol–water partition coefficient (Wildman–Crippen LogP) is 2.93. The molecule has 0 saturated carbocycles. The third-order valence-corrected chi connectivity index (χ3v) is 5.13. The SMILES string of the molecule is CCOC(=O)c1cccc(NC(=O)[C@H](C)N(c2ccc(F)c(F)c2)S(C)(=O)=O)c1. The molecule has 0 aromatic heterocycles. The minimum Gasteiger partial charge on any atom is -0.462 e. The Balaban J connectivity index is 2.29. The van der Waals surface area contributed by atoms with Crippen molar-refractivity contribution in [1.82, 2.24) is 0 Å². The Morgan fingerprint density at radius 2 is 1.83 bits per heavy atom. The molecule has 7 nitrogen and oxygen atoms in total. The summed E-state index contributed by atoms with van der Waals surface area (Å²) in [5.74, 6) is -3.70. The first kappa shape index (κ1) is 22.3. The maximum absolute atomic E-state index is 13.6. The third-order valence-electron chi connectivity index (χ3n) is 3.89. The van der Waals surface area contributed by atoms with Gasteiger partial charge in [0.2, 0.25) is 15.9 Å². The summed E-state index contributed by atoms with van der Waals surface area (Å²) in [6, 6.07) is 7.15. The van der Waals surface area contributed by atoms with Crippen LogP contribution in [0, 0.1) is 11.6 Å². The van der Waals surface area contributed by atoms with Gasteiger partial charge >= 0.3 is 5.97 Å². The Bertz CT molecular complexity index is 1030. The zero-order chi connectivity index (χ0) is 21.8. The number of nitrogens with one attached hydrogen (secondary N) is 1. The van der Waals surface area contributed by atoms with Gasteiger partial charge in [-0.05, 0) is 44.2 Å². The summed E-state index contributed by atoms with van der Waals surface area (Å²) < 4.78 is 56.8. The third kappa shape index (κ3) is 5.50. The maximum atomic E-state index is 13.6. The number of esters is 1. The van der Waals surface area contributed by atoms with Crippen molar-refractivity contribution in [2.24, 2.45) is 0 Å². The molecule has 1 atom stereocenters. The van der Waals surface area contributed by atoms with Gasteiger partial charge in [0.1, 0.15) is 6.04 Å². The highest BCUT2D eigenvalue weighted by Crippen LogP contribution is 2.24. The van der Waals surface area contributed by atoms with Gasteiger partial charge < -0.3 is 10.1 Å². The summed E-state index contributed by atoms with van der Waals surface area (Å²) in [4.78, 5) is 24.4. The van der Waals surface area contributed by atoms with E-state index in [0.29, 0.717) is 10.4 Å². The number of carbonyl (C=O) groups is 2. The number of rotatable bonds is 7. The van der Waals surface area contributed by atoms with Crippen LogP contribution in [0.15, 0.2) is 42.5 Å². The van der Waals surface area contributed by atoms with Crippen LogP contribution in [0.5, 0.6) is 0 Å². The molecule has 2 aromatic carbocycles. The van der Waals surface area contributed by atoms with E-state index in [1.54, 1.807) is 6.92 Å². The van der Waals surface area contributed by atoms with Gasteiger partial charge in [0, 0.05) is 11.8 Å². The van der Waals surface area contributed by atoms with Gasteiger partial charge in [-0.2, -0.15) is 0 Å².